The van der Waals surface area contributed by atoms with E-state index in [2.05, 4.69) is 4.98 Å². The number of piperidine rings is 1. The van der Waals surface area contributed by atoms with Crippen LogP contribution in [0.2, 0.25) is 5.02 Å². The van der Waals surface area contributed by atoms with Crippen LogP contribution in [0.15, 0.2) is 12.3 Å². The molecule has 0 radical (unpaired) electrons. The minimum absolute atomic E-state index is 0.0660. The number of rotatable bonds is 4. The molecule has 2 heterocycles. The Hall–Kier alpha value is -1.33. The van der Waals surface area contributed by atoms with E-state index >= 15 is 0 Å². The van der Waals surface area contributed by atoms with E-state index in [9.17, 15) is 9.59 Å². The van der Waals surface area contributed by atoms with E-state index in [0.29, 0.717) is 43.4 Å². The first-order valence-electron chi connectivity index (χ1n) is 6.80. The summed E-state index contributed by atoms with van der Waals surface area (Å²) in [5.74, 6) is 0.406. The van der Waals surface area contributed by atoms with Gasteiger partial charge in [0.15, 0.2) is 0 Å². The van der Waals surface area contributed by atoms with E-state index < -0.39 is 5.24 Å². The zero-order valence-electron chi connectivity index (χ0n) is 11.6. The molecule has 1 fully saturated rings. The minimum Gasteiger partial charge on any atom is -0.466 e. The van der Waals surface area contributed by atoms with Gasteiger partial charge in [0.05, 0.1) is 23.1 Å². The summed E-state index contributed by atoms with van der Waals surface area (Å²) >= 11 is 11.5. The lowest BCUT2D eigenvalue weighted by Crippen LogP contribution is -2.37. The molecule has 1 saturated heterocycles. The van der Waals surface area contributed by atoms with Crippen LogP contribution >= 0.6 is 23.2 Å². The molecule has 1 aliphatic rings. The fourth-order valence-corrected chi connectivity index (χ4v) is 2.75. The van der Waals surface area contributed by atoms with E-state index in [4.69, 9.17) is 27.9 Å². The van der Waals surface area contributed by atoms with E-state index in [1.54, 1.807) is 6.92 Å². The van der Waals surface area contributed by atoms with Crippen molar-refractivity contribution in [2.24, 2.45) is 5.92 Å². The number of ether oxygens (including phenoxy) is 1. The summed E-state index contributed by atoms with van der Waals surface area (Å²) in [4.78, 5) is 29.0. The van der Waals surface area contributed by atoms with Gasteiger partial charge in [0.25, 0.3) is 5.24 Å². The van der Waals surface area contributed by atoms with Crippen molar-refractivity contribution in [3.8, 4) is 0 Å². The maximum absolute atomic E-state index is 11.7. The van der Waals surface area contributed by atoms with Crippen LogP contribution in [0, 0.1) is 5.92 Å². The second kappa shape index (κ2) is 7.09. The average Bonchev–Trinajstić information content (AvgIpc) is 2.47. The molecular formula is C14H16Cl2N2O3. The number of hydrogen-bond acceptors (Lipinski definition) is 5. The highest BCUT2D eigenvalue weighted by Gasteiger charge is 2.27. The molecule has 0 aliphatic carbocycles. The third-order valence-electron chi connectivity index (χ3n) is 3.46. The topological polar surface area (TPSA) is 59.5 Å². The molecule has 0 bridgehead atoms. The summed E-state index contributed by atoms with van der Waals surface area (Å²) in [5.41, 5.74) is 0.270. The van der Waals surface area contributed by atoms with Crippen LogP contribution in [-0.4, -0.2) is 35.9 Å². The summed E-state index contributed by atoms with van der Waals surface area (Å²) < 4.78 is 5.04. The first-order chi connectivity index (χ1) is 10.0. The molecule has 1 aromatic rings. The zero-order chi connectivity index (χ0) is 15.4. The standard InChI is InChI=1S/C14H16Cl2N2O3/c1-2-21-14(20)9-3-5-18(6-4-9)13-11(15)7-10(8-17-13)12(16)19/h7-9H,2-6H2,1H3. The summed E-state index contributed by atoms with van der Waals surface area (Å²) in [6.07, 6.45) is 2.81. The number of carbonyl (C=O) groups is 2. The number of anilines is 1. The first kappa shape index (κ1) is 16.0. The van der Waals surface area contributed by atoms with Gasteiger partial charge >= 0.3 is 5.97 Å². The molecule has 2 rings (SSSR count). The predicted molar refractivity (Wildman–Crippen MR) is 81.0 cm³/mol. The van der Waals surface area contributed by atoms with Gasteiger partial charge in [-0.2, -0.15) is 0 Å². The second-order valence-electron chi connectivity index (χ2n) is 4.82. The molecule has 0 spiro atoms. The number of carbonyl (C=O) groups excluding carboxylic acids is 2. The van der Waals surface area contributed by atoms with Gasteiger partial charge < -0.3 is 9.64 Å². The normalized spacial score (nSPS) is 15.9. The average molecular weight is 331 g/mol. The smallest absolute Gasteiger partial charge is 0.309 e. The minimum atomic E-state index is -0.586. The summed E-state index contributed by atoms with van der Waals surface area (Å²) in [5, 5.41) is -0.201. The van der Waals surface area contributed by atoms with Crippen LogP contribution < -0.4 is 4.90 Å². The van der Waals surface area contributed by atoms with Gasteiger partial charge in [-0.05, 0) is 37.4 Å². The molecule has 0 N–H and O–H groups in total. The Kier molecular flexibility index (Phi) is 5.42. The highest BCUT2D eigenvalue weighted by molar-refractivity contribution is 6.67. The molecule has 0 saturated carbocycles. The van der Waals surface area contributed by atoms with E-state index in [1.807, 2.05) is 4.90 Å². The number of aromatic nitrogens is 1. The Morgan fingerprint density at radius 3 is 2.62 bits per heavy atom. The van der Waals surface area contributed by atoms with Gasteiger partial charge in [-0.25, -0.2) is 4.98 Å². The van der Waals surface area contributed by atoms with Crippen molar-refractivity contribution in [2.75, 3.05) is 24.6 Å². The number of esters is 1. The van der Waals surface area contributed by atoms with Gasteiger partial charge in [-0.1, -0.05) is 11.6 Å². The van der Waals surface area contributed by atoms with E-state index in [1.165, 1.54) is 12.3 Å². The fourth-order valence-electron chi connectivity index (χ4n) is 2.36. The van der Waals surface area contributed by atoms with Crippen LogP contribution in [0.5, 0.6) is 0 Å². The van der Waals surface area contributed by atoms with Gasteiger partial charge in [0.2, 0.25) is 0 Å². The maximum Gasteiger partial charge on any atom is 0.309 e. The van der Waals surface area contributed by atoms with Crippen LogP contribution in [0.1, 0.15) is 30.1 Å². The second-order valence-corrected chi connectivity index (χ2v) is 5.57. The molecular weight excluding hydrogens is 315 g/mol. The van der Waals surface area contributed by atoms with Crippen LogP contribution in [-0.2, 0) is 9.53 Å². The van der Waals surface area contributed by atoms with Crippen LogP contribution in [0.3, 0.4) is 0 Å². The highest BCUT2D eigenvalue weighted by Crippen LogP contribution is 2.29. The molecule has 0 aromatic carbocycles. The van der Waals surface area contributed by atoms with Gasteiger partial charge in [0.1, 0.15) is 5.82 Å². The third kappa shape index (κ3) is 3.86. The Bertz CT molecular complexity index is 543. The van der Waals surface area contributed by atoms with Crippen LogP contribution in [0.4, 0.5) is 5.82 Å². The SMILES string of the molecule is CCOC(=O)C1CCN(c2ncc(C(=O)Cl)cc2Cl)CC1. The third-order valence-corrected chi connectivity index (χ3v) is 3.96. The van der Waals surface area contributed by atoms with E-state index in [0.717, 1.165) is 0 Å². The van der Waals surface area contributed by atoms with Crippen molar-refractivity contribution in [3.63, 3.8) is 0 Å². The van der Waals surface area contributed by atoms with Crippen LogP contribution in [0.25, 0.3) is 0 Å². The highest BCUT2D eigenvalue weighted by atomic mass is 35.5. The number of halogens is 2. The van der Waals surface area contributed by atoms with Gasteiger partial charge in [-0.15, -0.1) is 0 Å². The Balaban J connectivity index is 2.02. The summed E-state index contributed by atoms with van der Waals surface area (Å²) in [6, 6.07) is 1.51. The van der Waals surface area contributed by atoms with Crippen molar-refractivity contribution in [2.45, 2.75) is 19.8 Å². The number of hydrogen-bond donors (Lipinski definition) is 0. The summed E-state index contributed by atoms with van der Waals surface area (Å²) in [6.45, 7) is 3.55. The first-order valence-corrected chi connectivity index (χ1v) is 7.55. The molecule has 1 aromatic heterocycles. The largest absolute Gasteiger partial charge is 0.466 e. The van der Waals surface area contributed by atoms with Gasteiger partial charge in [0, 0.05) is 19.3 Å². The number of pyridine rings is 1. The quantitative estimate of drug-likeness (QED) is 0.627. The molecule has 7 heteroatoms. The van der Waals surface area contributed by atoms with Crippen molar-refractivity contribution in [1.29, 1.82) is 0 Å². The molecule has 114 valence electrons. The predicted octanol–water partition coefficient (Wildman–Crippen LogP) is 2.89. The lowest BCUT2D eigenvalue weighted by molar-refractivity contribution is -0.148. The molecule has 0 unspecified atom stereocenters. The Morgan fingerprint density at radius 2 is 2.10 bits per heavy atom. The van der Waals surface area contributed by atoms with Gasteiger partial charge in [-0.3, -0.25) is 9.59 Å². The molecule has 5 nitrogen and oxygen atoms in total. The lowest BCUT2D eigenvalue weighted by Gasteiger charge is -2.32. The Morgan fingerprint density at radius 1 is 1.43 bits per heavy atom. The molecule has 0 atom stereocenters. The zero-order valence-corrected chi connectivity index (χ0v) is 13.2. The Labute approximate surface area is 133 Å². The fraction of sp³-hybridized carbons (Fsp3) is 0.500. The molecule has 0 amide bonds. The monoisotopic (exact) mass is 330 g/mol. The van der Waals surface area contributed by atoms with Crippen molar-refractivity contribution in [1.82, 2.24) is 4.98 Å². The van der Waals surface area contributed by atoms with Crippen molar-refractivity contribution >= 4 is 40.2 Å². The summed E-state index contributed by atoms with van der Waals surface area (Å²) in [7, 11) is 0. The number of nitrogens with zero attached hydrogens (tertiary/aromatic N) is 2. The maximum atomic E-state index is 11.7. The van der Waals surface area contributed by atoms with E-state index in [-0.39, 0.29) is 17.5 Å². The van der Waals surface area contributed by atoms with Crippen molar-refractivity contribution < 1.29 is 14.3 Å². The molecule has 21 heavy (non-hydrogen) atoms. The lowest BCUT2D eigenvalue weighted by atomic mass is 9.97. The van der Waals surface area contributed by atoms with Crippen molar-refractivity contribution in [3.05, 3.63) is 22.8 Å². The molecule has 1 aliphatic heterocycles.